The van der Waals surface area contributed by atoms with Crippen molar-refractivity contribution in [3.63, 3.8) is 0 Å². The van der Waals surface area contributed by atoms with E-state index in [1.54, 1.807) is 25.3 Å². The van der Waals surface area contributed by atoms with Gasteiger partial charge >= 0.3 is 0 Å². The number of aromatic nitrogens is 3. The molecule has 1 atom stereocenters. The second-order valence-corrected chi connectivity index (χ2v) is 5.00. The number of hydrogen-bond donors (Lipinski definition) is 2. The summed E-state index contributed by atoms with van der Waals surface area (Å²) >= 11 is 0. The summed E-state index contributed by atoms with van der Waals surface area (Å²) in [5.41, 5.74) is 2.97. The first kappa shape index (κ1) is 14.1. The van der Waals surface area contributed by atoms with E-state index in [1.807, 2.05) is 31.2 Å². The molecule has 0 fully saturated rings. The maximum atomic E-state index is 12.3. The summed E-state index contributed by atoms with van der Waals surface area (Å²) in [5.74, 6) is 0.645. The molecule has 0 aliphatic heterocycles. The SMILES string of the molecule is COc1ccc(C(C)NC(=O)c2ccc3n[nH]nc3c2)cc1. The first-order chi connectivity index (χ1) is 10.7. The third kappa shape index (κ3) is 2.76. The van der Waals surface area contributed by atoms with Crippen molar-refractivity contribution in [1.29, 1.82) is 0 Å². The molecule has 0 aliphatic carbocycles. The molecular weight excluding hydrogens is 280 g/mol. The molecule has 22 heavy (non-hydrogen) atoms. The predicted molar refractivity (Wildman–Crippen MR) is 82.8 cm³/mol. The molecule has 0 aliphatic rings. The van der Waals surface area contributed by atoms with Gasteiger partial charge in [-0.1, -0.05) is 12.1 Å². The molecule has 0 saturated heterocycles. The van der Waals surface area contributed by atoms with Crippen LogP contribution < -0.4 is 10.1 Å². The highest BCUT2D eigenvalue weighted by Crippen LogP contribution is 2.18. The van der Waals surface area contributed by atoms with Crippen molar-refractivity contribution >= 4 is 16.9 Å². The van der Waals surface area contributed by atoms with Gasteiger partial charge in [-0.15, -0.1) is 0 Å². The number of benzene rings is 2. The van der Waals surface area contributed by atoms with E-state index in [2.05, 4.69) is 20.7 Å². The molecule has 3 rings (SSSR count). The summed E-state index contributed by atoms with van der Waals surface area (Å²) in [7, 11) is 1.63. The quantitative estimate of drug-likeness (QED) is 0.775. The summed E-state index contributed by atoms with van der Waals surface area (Å²) < 4.78 is 5.13. The predicted octanol–water partition coefficient (Wildman–Crippen LogP) is 2.46. The Labute approximate surface area is 127 Å². The van der Waals surface area contributed by atoms with Crippen LogP contribution >= 0.6 is 0 Å². The van der Waals surface area contributed by atoms with E-state index < -0.39 is 0 Å². The van der Waals surface area contributed by atoms with Crippen molar-refractivity contribution in [2.24, 2.45) is 0 Å². The van der Waals surface area contributed by atoms with Crippen molar-refractivity contribution < 1.29 is 9.53 Å². The Morgan fingerprint density at radius 3 is 2.59 bits per heavy atom. The number of nitrogens with one attached hydrogen (secondary N) is 2. The van der Waals surface area contributed by atoms with Crippen LogP contribution in [0.15, 0.2) is 42.5 Å². The molecule has 6 nitrogen and oxygen atoms in total. The molecule has 0 spiro atoms. The van der Waals surface area contributed by atoms with Crippen LogP contribution in [0.25, 0.3) is 11.0 Å². The lowest BCUT2D eigenvalue weighted by Gasteiger charge is -2.14. The molecule has 1 unspecified atom stereocenters. The van der Waals surface area contributed by atoms with Crippen LogP contribution in [0.5, 0.6) is 5.75 Å². The van der Waals surface area contributed by atoms with Crippen LogP contribution in [0, 0.1) is 0 Å². The third-order valence-electron chi connectivity index (χ3n) is 3.54. The van der Waals surface area contributed by atoms with E-state index in [1.165, 1.54) is 0 Å². The zero-order valence-corrected chi connectivity index (χ0v) is 12.3. The number of methoxy groups -OCH3 is 1. The van der Waals surface area contributed by atoms with Crippen LogP contribution in [-0.2, 0) is 0 Å². The molecule has 6 heteroatoms. The van der Waals surface area contributed by atoms with E-state index in [0.717, 1.165) is 16.8 Å². The van der Waals surface area contributed by atoms with Crippen molar-refractivity contribution in [2.45, 2.75) is 13.0 Å². The van der Waals surface area contributed by atoms with Crippen molar-refractivity contribution in [1.82, 2.24) is 20.7 Å². The molecule has 112 valence electrons. The standard InChI is InChI=1S/C16H16N4O2/c1-10(11-3-6-13(22-2)7-4-11)17-16(21)12-5-8-14-15(9-12)19-20-18-14/h3-10H,1-2H3,(H,17,21)(H,18,19,20). The summed E-state index contributed by atoms with van der Waals surface area (Å²) in [5, 5.41) is 13.5. The lowest BCUT2D eigenvalue weighted by Crippen LogP contribution is -2.26. The number of ether oxygens (including phenoxy) is 1. The average Bonchev–Trinajstić information content (AvgIpc) is 3.02. The zero-order valence-electron chi connectivity index (χ0n) is 12.3. The number of aromatic amines is 1. The number of hydrogen-bond acceptors (Lipinski definition) is 4. The largest absolute Gasteiger partial charge is 0.497 e. The van der Waals surface area contributed by atoms with Gasteiger partial charge in [0.15, 0.2) is 0 Å². The van der Waals surface area contributed by atoms with Gasteiger partial charge in [-0.3, -0.25) is 4.79 Å². The minimum atomic E-state index is -0.145. The van der Waals surface area contributed by atoms with E-state index in [0.29, 0.717) is 11.1 Å². The lowest BCUT2D eigenvalue weighted by molar-refractivity contribution is 0.0940. The second kappa shape index (κ2) is 5.85. The smallest absolute Gasteiger partial charge is 0.251 e. The Morgan fingerprint density at radius 1 is 1.14 bits per heavy atom. The number of fused-ring (bicyclic) bond motifs is 1. The van der Waals surface area contributed by atoms with Crippen molar-refractivity contribution in [2.75, 3.05) is 7.11 Å². The molecule has 1 amide bonds. The van der Waals surface area contributed by atoms with Gasteiger partial charge in [0.25, 0.3) is 5.91 Å². The molecule has 1 heterocycles. The summed E-state index contributed by atoms with van der Waals surface area (Å²) in [6.07, 6.45) is 0. The normalized spacial score (nSPS) is 12.1. The van der Waals surface area contributed by atoms with Crippen molar-refractivity contribution in [3.8, 4) is 5.75 Å². The number of carbonyl (C=O) groups excluding carboxylic acids is 1. The van der Waals surface area contributed by atoms with Crippen LogP contribution in [0.1, 0.15) is 28.9 Å². The number of H-pyrrole nitrogens is 1. The maximum absolute atomic E-state index is 12.3. The van der Waals surface area contributed by atoms with Gasteiger partial charge in [0.05, 0.1) is 13.2 Å². The molecule has 0 bridgehead atoms. The summed E-state index contributed by atoms with van der Waals surface area (Å²) in [6, 6.07) is 12.7. The minimum Gasteiger partial charge on any atom is -0.497 e. The van der Waals surface area contributed by atoms with Gasteiger partial charge in [0, 0.05) is 5.56 Å². The zero-order chi connectivity index (χ0) is 15.5. The molecule has 2 aromatic carbocycles. The van der Waals surface area contributed by atoms with Crippen LogP contribution in [0.3, 0.4) is 0 Å². The monoisotopic (exact) mass is 296 g/mol. The highest BCUT2D eigenvalue weighted by Gasteiger charge is 2.12. The topological polar surface area (TPSA) is 79.9 Å². The summed E-state index contributed by atoms with van der Waals surface area (Å²) in [6.45, 7) is 1.94. The fourth-order valence-corrected chi connectivity index (χ4v) is 2.24. The molecule has 2 N–H and O–H groups in total. The number of amides is 1. The van der Waals surface area contributed by atoms with E-state index >= 15 is 0 Å². The molecule has 3 aromatic rings. The van der Waals surface area contributed by atoms with Crippen LogP contribution in [0.4, 0.5) is 0 Å². The van der Waals surface area contributed by atoms with Gasteiger partial charge in [-0.05, 0) is 42.8 Å². The lowest BCUT2D eigenvalue weighted by atomic mass is 10.1. The number of rotatable bonds is 4. The Kier molecular flexibility index (Phi) is 3.74. The van der Waals surface area contributed by atoms with Gasteiger partial charge in [-0.25, -0.2) is 0 Å². The van der Waals surface area contributed by atoms with E-state index in [9.17, 15) is 4.79 Å². The second-order valence-electron chi connectivity index (χ2n) is 5.00. The maximum Gasteiger partial charge on any atom is 0.251 e. The van der Waals surface area contributed by atoms with Crippen molar-refractivity contribution in [3.05, 3.63) is 53.6 Å². The third-order valence-corrected chi connectivity index (χ3v) is 3.54. The average molecular weight is 296 g/mol. The van der Waals surface area contributed by atoms with Crippen LogP contribution in [0.2, 0.25) is 0 Å². The first-order valence-electron chi connectivity index (χ1n) is 6.93. The van der Waals surface area contributed by atoms with Gasteiger partial charge < -0.3 is 10.1 Å². The molecular formula is C16H16N4O2. The van der Waals surface area contributed by atoms with Gasteiger partial charge in [0.2, 0.25) is 0 Å². The van der Waals surface area contributed by atoms with E-state index in [4.69, 9.17) is 4.74 Å². The highest BCUT2D eigenvalue weighted by molar-refractivity contribution is 5.97. The van der Waals surface area contributed by atoms with E-state index in [-0.39, 0.29) is 11.9 Å². The Balaban J connectivity index is 1.74. The molecule has 1 aromatic heterocycles. The minimum absolute atomic E-state index is 0.105. The fourth-order valence-electron chi connectivity index (χ4n) is 2.24. The first-order valence-corrected chi connectivity index (χ1v) is 6.93. The Bertz CT molecular complexity index is 795. The molecule has 0 radical (unpaired) electrons. The number of carbonyl (C=O) groups is 1. The number of nitrogens with zero attached hydrogens (tertiary/aromatic N) is 2. The fraction of sp³-hybridized carbons (Fsp3) is 0.188. The highest BCUT2D eigenvalue weighted by atomic mass is 16.5. The Hall–Kier alpha value is -2.89. The van der Waals surface area contributed by atoms with Gasteiger partial charge in [0.1, 0.15) is 16.8 Å². The summed E-state index contributed by atoms with van der Waals surface area (Å²) in [4.78, 5) is 12.3. The molecule has 0 saturated carbocycles. The van der Waals surface area contributed by atoms with Crippen LogP contribution in [-0.4, -0.2) is 28.4 Å². The Morgan fingerprint density at radius 2 is 1.86 bits per heavy atom. The van der Waals surface area contributed by atoms with Gasteiger partial charge in [-0.2, -0.15) is 15.4 Å².